The minimum Gasteiger partial charge on any atom is -0.380 e. The van der Waals surface area contributed by atoms with Crippen molar-refractivity contribution in [3.63, 3.8) is 0 Å². The molecule has 0 fully saturated rings. The van der Waals surface area contributed by atoms with E-state index in [4.69, 9.17) is 4.74 Å². The monoisotopic (exact) mass is 219 g/mol. The molecule has 2 nitrogen and oxygen atoms in total. The van der Waals surface area contributed by atoms with Gasteiger partial charge in [-0.1, -0.05) is 23.8 Å². The smallest absolute Gasteiger partial charge is 0.0667 e. The molecular weight excluding hydrogens is 198 g/mol. The maximum Gasteiger partial charge on any atom is 0.0667 e. The number of methoxy groups -OCH3 is 1. The summed E-state index contributed by atoms with van der Waals surface area (Å²) in [6.07, 6.45) is 2.71. The highest BCUT2D eigenvalue weighted by Crippen LogP contribution is 2.31. The number of rotatable bonds is 4. The number of benzene rings is 1. The summed E-state index contributed by atoms with van der Waals surface area (Å²) in [5, 5.41) is 3.59. The van der Waals surface area contributed by atoms with E-state index in [1.165, 1.54) is 29.5 Å². The lowest BCUT2D eigenvalue weighted by molar-refractivity contribution is 0.114. The zero-order valence-corrected chi connectivity index (χ0v) is 10.4. The van der Waals surface area contributed by atoms with Crippen molar-refractivity contribution in [1.82, 2.24) is 5.32 Å². The molecule has 1 N–H and O–H groups in total. The lowest BCUT2D eigenvalue weighted by Gasteiger charge is -2.17. The van der Waals surface area contributed by atoms with E-state index in [0.29, 0.717) is 6.04 Å². The Bertz CT molecular complexity index is 362. The second-order valence-corrected chi connectivity index (χ2v) is 4.75. The summed E-state index contributed by atoms with van der Waals surface area (Å²) >= 11 is 0. The van der Waals surface area contributed by atoms with Crippen molar-refractivity contribution in [3.05, 3.63) is 34.9 Å². The molecule has 2 atom stereocenters. The van der Waals surface area contributed by atoms with Gasteiger partial charge in [0.25, 0.3) is 0 Å². The normalized spacial score (nSPS) is 20.8. The number of hydrogen-bond donors (Lipinski definition) is 1. The van der Waals surface area contributed by atoms with Gasteiger partial charge in [-0.25, -0.2) is 0 Å². The highest BCUT2D eigenvalue weighted by molar-refractivity contribution is 5.37. The van der Waals surface area contributed by atoms with Gasteiger partial charge in [-0.3, -0.25) is 0 Å². The zero-order valence-electron chi connectivity index (χ0n) is 10.4. The van der Waals surface area contributed by atoms with Crippen LogP contribution in [0.25, 0.3) is 0 Å². The third-order valence-electron chi connectivity index (χ3n) is 3.43. The van der Waals surface area contributed by atoms with Gasteiger partial charge in [0.15, 0.2) is 0 Å². The Hall–Kier alpha value is -0.860. The van der Waals surface area contributed by atoms with Gasteiger partial charge in [0, 0.05) is 19.7 Å². The van der Waals surface area contributed by atoms with Crippen LogP contribution in [0.15, 0.2) is 18.2 Å². The van der Waals surface area contributed by atoms with Gasteiger partial charge in [0.1, 0.15) is 0 Å². The van der Waals surface area contributed by atoms with E-state index < -0.39 is 0 Å². The second kappa shape index (κ2) is 4.98. The Morgan fingerprint density at radius 1 is 1.50 bits per heavy atom. The topological polar surface area (TPSA) is 21.3 Å². The summed E-state index contributed by atoms with van der Waals surface area (Å²) in [6.45, 7) is 5.18. The van der Waals surface area contributed by atoms with Crippen molar-refractivity contribution in [3.8, 4) is 0 Å². The quantitative estimate of drug-likeness (QED) is 0.840. The van der Waals surface area contributed by atoms with Crippen LogP contribution in [0.5, 0.6) is 0 Å². The molecule has 0 bridgehead atoms. The Morgan fingerprint density at radius 2 is 2.31 bits per heavy atom. The van der Waals surface area contributed by atoms with Crippen LogP contribution in [0.1, 0.15) is 36.1 Å². The minimum atomic E-state index is 0.286. The highest BCUT2D eigenvalue weighted by atomic mass is 16.5. The van der Waals surface area contributed by atoms with Crippen LogP contribution in [0.4, 0.5) is 0 Å². The van der Waals surface area contributed by atoms with Crippen LogP contribution in [0.2, 0.25) is 0 Å². The number of fused-ring (bicyclic) bond motifs is 1. The fourth-order valence-corrected chi connectivity index (χ4v) is 2.33. The van der Waals surface area contributed by atoms with Crippen LogP contribution >= 0.6 is 0 Å². The largest absolute Gasteiger partial charge is 0.380 e. The van der Waals surface area contributed by atoms with E-state index >= 15 is 0 Å². The summed E-state index contributed by atoms with van der Waals surface area (Å²) in [4.78, 5) is 0. The van der Waals surface area contributed by atoms with E-state index in [2.05, 4.69) is 37.4 Å². The second-order valence-electron chi connectivity index (χ2n) is 4.75. The maximum atomic E-state index is 5.26. The molecule has 0 amide bonds. The fraction of sp³-hybridized carbons (Fsp3) is 0.571. The summed E-state index contributed by atoms with van der Waals surface area (Å²) in [6, 6.07) is 7.32. The van der Waals surface area contributed by atoms with Gasteiger partial charge in [0.2, 0.25) is 0 Å². The average Bonchev–Trinajstić information content (AvgIpc) is 2.68. The Labute approximate surface area is 98.0 Å². The number of ether oxygens (including phenoxy) is 1. The third kappa shape index (κ3) is 2.45. The van der Waals surface area contributed by atoms with Crippen molar-refractivity contribution in [2.45, 2.75) is 38.8 Å². The number of hydrogen-bond acceptors (Lipinski definition) is 2. The molecule has 1 aliphatic carbocycles. The van der Waals surface area contributed by atoms with E-state index in [0.717, 1.165) is 6.54 Å². The molecule has 0 radical (unpaired) electrons. The van der Waals surface area contributed by atoms with Crippen LogP contribution in [0.3, 0.4) is 0 Å². The Morgan fingerprint density at radius 3 is 3.06 bits per heavy atom. The number of nitrogens with one attached hydrogen (secondary N) is 1. The van der Waals surface area contributed by atoms with E-state index in [9.17, 15) is 0 Å². The molecule has 1 aromatic rings. The first-order valence-electron chi connectivity index (χ1n) is 6.06. The third-order valence-corrected chi connectivity index (χ3v) is 3.43. The van der Waals surface area contributed by atoms with Crippen molar-refractivity contribution in [2.24, 2.45) is 0 Å². The van der Waals surface area contributed by atoms with Gasteiger partial charge in [-0.15, -0.1) is 0 Å². The van der Waals surface area contributed by atoms with Crippen molar-refractivity contribution < 1.29 is 4.74 Å². The molecule has 0 aromatic heterocycles. The van der Waals surface area contributed by atoms with Gasteiger partial charge < -0.3 is 10.1 Å². The van der Waals surface area contributed by atoms with E-state index in [-0.39, 0.29) is 6.10 Å². The molecule has 0 saturated carbocycles. The molecule has 0 saturated heterocycles. The summed E-state index contributed by atoms with van der Waals surface area (Å²) in [7, 11) is 1.76. The van der Waals surface area contributed by atoms with Gasteiger partial charge in [0.05, 0.1) is 6.10 Å². The Kier molecular flexibility index (Phi) is 3.62. The molecular formula is C14H21NO. The summed E-state index contributed by atoms with van der Waals surface area (Å²) in [5.74, 6) is 0. The molecule has 0 aliphatic heterocycles. The lowest BCUT2D eigenvalue weighted by atomic mass is 10.1. The molecule has 1 aliphatic rings. The SMILES string of the molecule is COC(C)CNC1CCc2ccc(C)cc21. The summed E-state index contributed by atoms with van der Waals surface area (Å²) < 4.78 is 5.26. The molecule has 0 spiro atoms. The van der Waals surface area contributed by atoms with Crippen molar-refractivity contribution >= 4 is 0 Å². The predicted molar refractivity (Wildman–Crippen MR) is 66.7 cm³/mol. The van der Waals surface area contributed by atoms with Crippen LogP contribution in [-0.2, 0) is 11.2 Å². The Balaban J connectivity index is 2.02. The average molecular weight is 219 g/mol. The number of aryl methyl sites for hydroxylation is 2. The first-order valence-corrected chi connectivity index (χ1v) is 6.06. The fourth-order valence-electron chi connectivity index (χ4n) is 2.33. The molecule has 2 rings (SSSR count). The van der Waals surface area contributed by atoms with Crippen LogP contribution in [-0.4, -0.2) is 19.8 Å². The van der Waals surface area contributed by atoms with E-state index in [1.54, 1.807) is 7.11 Å². The molecule has 2 heteroatoms. The first-order chi connectivity index (χ1) is 7.70. The standard InChI is InChI=1S/C14H21NO/c1-10-4-5-12-6-7-14(13(12)8-10)15-9-11(2)16-3/h4-5,8,11,14-15H,6-7,9H2,1-3H3. The molecule has 1 aromatic carbocycles. The van der Waals surface area contributed by atoms with Crippen molar-refractivity contribution in [2.75, 3.05) is 13.7 Å². The molecule has 88 valence electrons. The minimum absolute atomic E-state index is 0.286. The van der Waals surface area contributed by atoms with Gasteiger partial charge >= 0.3 is 0 Å². The molecule has 16 heavy (non-hydrogen) atoms. The van der Waals surface area contributed by atoms with Gasteiger partial charge in [-0.2, -0.15) is 0 Å². The maximum absolute atomic E-state index is 5.26. The molecule has 0 heterocycles. The lowest BCUT2D eigenvalue weighted by Crippen LogP contribution is -2.28. The summed E-state index contributed by atoms with van der Waals surface area (Å²) in [5.41, 5.74) is 4.35. The van der Waals surface area contributed by atoms with Crippen molar-refractivity contribution in [1.29, 1.82) is 0 Å². The zero-order chi connectivity index (χ0) is 11.5. The highest BCUT2D eigenvalue weighted by Gasteiger charge is 2.22. The van der Waals surface area contributed by atoms with Crippen LogP contribution < -0.4 is 5.32 Å². The molecule has 2 unspecified atom stereocenters. The predicted octanol–water partition coefficient (Wildman–Crippen LogP) is 2.61. The first kappa shape index (κ1) is 11.6. The van der Waals surface area contributed by atoms with Crippen LogP contribution in [0, 0.1) is 6.92 Å². The van der Waals surface area contributed by atoms with Gasteiger partial charge in [-0.05, 0) is 37.8 Å². The van der Waals surface area contributed by atoms with E-state index in [1.807, 2.05) is 0 Å².